The fourth-order valence-corrected chi connectivity index (χ4v) is 2.54. The first kappa shape index (κ1) is 20.5. The monoisotopic (exact) mass is 411 g/mol. The van der Waals surface area contributed by atoms with Gasteiger partial charge in [0, 0.05) is 18.8 Å². The lowest BCUT2D eigenvalue weighted by Gasteiger charge is -2.17. The Bertz CT molecular complexity index is 904. The smallest absolute Gasteiger partial charge is 0.282 e. The maximum atomic E-state index is 12.6. The summed E-state index contributed by atoms with van der Waals surface area (Å²) < 4.78 is 5.00. The Labute approximate surface area is 164 Å². The maximum Gasteiger partial charge on any atom is 0.282 e. The van der Waals surface area contributed by atoms with Crippen LogP contribution in [-0.4, -0.2) is 42.3 Å². The third kappa shape index (κ3) is 5.08. The SMILES string of the molecule is COc1ccc([N+](=O)[O-])c(C(=O)N(C)CC(=O)Nc2ccc(Cl)c(Cl)c2)c1. The van der Waals surface area contributed by atoms with Crippen LogP contribution in [0, 0.1) is 10.1 Å². The van der Waals surface area contributed by atoms with Gasteiger partial charge in [-0.05, 0) is 30.3 Å². The molecule has 1 N–H and O–H groups in total. The number of carbonyl (C=O) groups excluding carboxylic acids is 2. The predicted octanol–water partition coefficient (Wildman–Crippen LogP) is 3.62. The first-order valence-electron chi connectivity index (χ1n) is 7.55. The van der Waals surface area contributed by atoms with E-state index in [4.69, 9.17) is 27.9 Å². The number of nitrogens with one attached hydrogen (secondary N) is 1. The first-order valence-corrected chi connectivity index (χ1v) is 8.31. The molecule has 27 heavy (non-hydrogen) atoms. The second-order valence-corrected chi connectivity index (χ2v) is 6.29. The fraction of sp³-hybridized carbons (Fsp3) is 0.176. The molecule has 142 valence electrons. The summed E-state index contributed by atoms with van der Waals surface area (Å²) >= 11 is 11.7. The van der Waals surface area contributed by atoms with Gasteiger partial charge in [0.15, 0.2) is 0 Å². The Morgan fingerprint density at radius 2 is 1.89 bits per heavy atom. The standard InChI is InChI=1S/C17H15Cl2N3O5/c1-21(9-16(23)20-10-3-5-13(18)14(19)7-10)17(24)12-8-11(27-2)4-6-15(12)22(25)26/h3-8H,9H2,1-2H3,(H,20,23). The number of nitro groups is 1. The van der Waals surface area contributed by atoms with Crippen molar-refractivity contribution in [2.24, 2.45) is 0 Å². The van der Waals surface area contributed by atoms with Crippen molar-refractivity contribution in [1.29, 1.82) is 0 Å². The van der Waals surface area contributed by atoms with Gasteiger partial charge in [-0.2, -0.15) is 0 Å². The number of anilines is 1. The summed E-state index contributed by atoms with van der Waals surface area (Å²) in [6, 6.07) is 8.36. The number of nitro benzene ring substituents is 1. The largest absolute Gasteiger partial charge is 0.497 e. The molecular formula is C17H15Cl2N3O5. The highest BCUT2D eigenvalue weighted by Crippen LogP contribution is 2.26. The lowest BCUT2D eigenvalue weighted by molar-refractivity contribution is -0.385. The number of halogens is 2. The molecule has 0 saturated heterocycles. The van der Waals surface area contributed by atoms with Gasteiger partial charge in [0.2, 0.25) is 5.91 Å². The highest BCUT2D eigenvalue weighted by molar-refractivity contribution is 6.42. The molecule has 2 aromatic rings. The van der Waals surface area contributed by atoms with Crippen molar-refractivity contribution in [3.8, 4) is 5.75 Å². The van der Waals surface area contributed by atoms with Crippen LogP contribution in [0.1, 0.15) is 10.4 Å². The van der Waals surface area contributed by atoms with Crippen molar-refractivity contribution < 1.29 is 19.2 Å². The van der Waals surface area contributed by atoms with Crippen LogP contribution in [-0.2, 0) is 4.79 Å². The van der Waals surface area contributed by atoms with Gasteiger partial charge >= 0.3 is 0 Å². The van der Waals surface area contributed by atoms with E-state index < -0.39 is 16.7 Å². The number of hydrogen-bond donors (Lipinski definition) is 1. The molecule has 2 rings (SSSR count). The molecule has 2 aromatic carbocycles. The Kier molecular flexibility index (Phi) is 6.59. The van der Waals surface area contributed by atoms with Crippen LogP contribution in [0.4, 0.5) is 11.4 Å². The van der Waals surface area contributed by atoms with Gasteiger partial charge in [-0.25, -0.2) is 0 Å². The van der Waals surface area contributed by atoms with Crippen LogP contribution in [0.3, 0.4) is 0 Å². The molecule has 10 heteroatoms. The maximum absolute atomic E-state index is 12.6. The summed E-state index contributed by atoms with van der Waals surface area (Å²) in [6.07, 6.45) is 0. The summed E-state index contributed by atoms with van der Waals surface area (Å²) in [7, 11) is 2.74. The van der Waals surface area contributed by atoms with Crippen molar-refractivity contribution in [3.05, 3.63) is 62.1 Å². The molecule has 0 bridgehead atoms. The van der Waals surface area contributed by atoms with E-state index in [0.29, 0.717) is 10.7 Å². The summed E-state index contributed by atoms with van der Waals surface area (Å²) in [4.78, 5) is 36.3. The molecule has 0 heterocycles. The van der Waals surface area contributed by atoms with Crippen molar-refractivity contribution in [3.63, 3.8) is 0 Å². The van der Waals surface area contributed by atoms with Crippen LogP contribution in [0.2, 0.25) is 10.0 Å². The highest BCUT2D eigenvalue weighted by atomic mass is 35.5. The van der Waals surface area contributed by atoms with E-state index in [9.17, 15) is 19.7 Å². The van der Waals surface area contributed by atoms with Gasteiger partial charge in [-0.1, -0.05) is 23.2 Å². The second kappa shape index (κ2) is 8.70. The Hall–Kier alpha value is -2.84. The average molecular weight is 412 g/mol. The van der Waals surface area contributed by atoms with E-state index in [0.717, 1.165) is 4.90 Å². The number of ether oxygens (including phenoxy) is 1. The van der Waals surface area contributed by atoms with Crippen molar-refractivity contribution in [2.45, 2.75) is 0 Å². The molecule has 0 unspecified atom stereocenters. The molecule has 8 nitrogen and oxygen atoms in total. The van der Waals surface area contributed by atoms with E-state index in [1.165, 1.54) is 44.5 Å². The molecule has 0 fully saturated rings. The third-order valence-corrected chi connectivity index (χ3v) is 4.30. The molecule has 2 amide bonds. The van der Waals surface area contributed by atoms with E-state index in [2.05, 4.69) is 5.32 Å². The minimum absolute atomic E-state index is 0.177. The molecule has 0 aromatic heterocycles. The van der Waals surface area contributed by atoms with Crippen molar-refractivity contribution in [2.75, 3.05) is 26.0 Å². The van der Waals surface area contributed by atoms with Crippen molar-refractivity contribution in [1.82, 2.24) is 4.90 Å². The van der Waals surface area contributed by atoms with Gasteiger partial charge in [-0.3, -0.25) is 19.7 Å². The van der Waals surface area contributed by atoms with Crippen LogP contribution in [0.15, 0.2) is 36.4 Å². The van der Waals surface area contributed by atoms with Gasteiger partial charge in [-0.15, -0.1) is 0 Å². The molecule has 0 radical (unpaired) electrons. The zero-order chi connectivity index (χ0) is 20.1. The Morgan fingerprint density at radius 3 is 2.48 bits per heavy atom. The molecule has 0 aliphatic rings. The van der Waals surface area contributed by atoms with Crippen LogP contribution < -0.4 is 10.1 Å². The van der Waals surface area contributed by atoms with E-state index in [-0.39, 0.29) is 28.6 Å². The minimum atomic E-state index is -0.690. The van der Waals surface area contributed by atoms with Crippen molar-refractivity contribution >= 4 is 46.4 Å². The highest BCUT2D eigenvalue weighted by Gasteiger charge is 2.25. The predicted molar refractivity (Wildman–Crippen MR) is 102 cm³/mol. The molecule has 0 spiro atoms. The summed E-state index contributed by atoms with van der Waals surface area (Å²) in [6.45, 7) is -0.326. The second-order valence-electron chi connectivity index (χ2n) is 5.48. The van der Waals surface area contributed by atoms with Gasteiger partial charge in [0.05, 0.1) is 28.6 Å². The lowest BCUT2D eigenvalue weighted by Crippen LogP contribution is -2.35. The lowest BCUT2D eigenvalue weighted by atomic mass is 10.1. The summed E-state index contributed by atoms with van der Waals surface area (Å²) in [5.41, 5.74) is -0.149. The molecular weight excluding hydrogens is 397 g/mol. The molecule has 0 atom stereocenters. The molecule has 0 aliphatic heterocycles. The number of likely N-dealkylation sites (N-methyl/N-ethyl adjacent to an activating group) is 1. The number of hydrogen-bond acceptors (Lipinski definition) is 5. The zero-order valence-electron chi connectivity index (χ0n) is 14.4. The number of benzene rings is 2. The fourth-order valence-electron chi connectivity index (χ4n) is 2.24. The van der Waals surface area contributed by atoms with Crippen LogP contribution >= 0.6 is 23.2 Å². The quantitative estimate of drug-likeness (QED) is 0.577. The Morgan fingerprint density at radius 1 is 1.19 bits per heavy atom. The van der Waals surface area contributed by atoms with E-state index >= 15 is 0 Å². The third-order valence-electron chi connectivity index (χ3n) is 3.56. The Balaban J connectivity index is 2.14. The van der Waals surface area contributed by atoms with Crippen LogP contribution in [0.25, 0.3) is 0 Å². The first-order chi connectivity index (χ1) is 12.7. The summed E-state index contributed by atoms with van der Waals surface area (Å²) in [5, 5.41) is 14.3. The molecule has 0 saturated carbocycles. The molecule has 0 aliphatic carbocycles. The van der Waals surface area contributed by atoms with Crippen LogP contribution in [0.5, 0.6) is 5.75 Å². The average Bonchev–Trinajstić information content (AvgIpc) is 2.63. The topological polar surface area (TPSA) is 102 Å². The van der Waals surface area contributed by atoms with Gasteiger partial charge in [0.1, 0.15) is 11.3 Å². The normalized spacial score (nSPS) is 10.2. The minimum Gasteiger partial charge on any atom is -0.497 e. The number of rotatable bonds is 6. The van der Waals surface area contributed by atoms with Gasteiger partial charge < -0.3 is 15.0 Å². The zero-order valence-corrected chi connectivity index (χ0v) is 15.9. The number of methoxy groups -OCH3 is 1. The van der Waals surface area contributed by atoms with Gasteiger partial charge in [0.25, 0.3) is 11.6 Å². The number of amides is 2. The number of nitrogens with zero attached hydrogens (tertiary/aromatic N) is 2. The van der Waals surface area contributed by atoms with E-state index in [1.54, 1.807) is 6.07 Å². The van der Waals surface area contributed by atoms with E-state index in [1.807, 2.05) is 0 Å². The summed E-state index contributed by atoms with van der Waals surface area (Å²) in [5.74, 6) is -0.905. The number of carbonyl (C=O) groups is 2.